The number of aromatic nitrogens is 1. The lowest BCUT2D eigenvalue weighted by atomic mass is 9.94. The number of aryl methyl sites for hydroxylation is 1. The number of nitrogens with one attached hydrogen (secondary N) is 3. The van der Waals surface area contributed by atoms with E-state index in [2.05, 4.69) is 15.6 Å². The fourth-order valence-electron chi connectivity index (χ4n) is 3.88. The highest BCUT2D eigenvalue weighted by Crippen LogP contribution is 2.26. The fraction of sp³-hybridized carbons (Fsp3) is 0.611. The predicted molar refractivity (Wildman–Crippen MR) is 99.5 cm³/mol. The molecule has 2 heterocycles. The third kappa shape index (κ3) is 4.07. The van der Waals surface area contributed by atoms with Crippen LogP contribution in [0.2, 0.25) is 0 Å². The lowest BCUT2D eigenvalue weighted by molar-refractivity contribution is -0.121. The molecule has 27 heavy (non-hydrogen) atoms. The number of sulfone groups is 1. The minimum atomic E-state index is -3.35. The van der Waals surface area contributed by atoms with Gasteiger partial charge in [-0.05, 0) is 31.7 Å². The first kappa shape index (κ1) is 19.6. The summed E-state index contributed by atoms with van der Waals surface area (Å²) in [6, 6.07) is -1.34. The first-order valence-corrected chi connectivity index (χ1v) is 11.1. The van der Waals surface area contributed by atoms with E-state index in [1.807, 2.05) is 6.92 Å². The highest BCUT2D eigenvalue weighted by atomic mass is 32.2. The Labute approximate surface area is 158 Å². The van der Waals surface area contributed by atoms with E-state index >= 15 is 0 Å². The molecule has 1 aliphatic carbocycles. The molecule has 148 valence electrons. The maximum atomic E-state index is 12.8. The van der Waals surface area contributed by atoms with Gasteiger partial charge in [-0.25, -0.2) is 8.42 Å². The normalized spacial score (nSPS) is 23.7. The van der Waals surface area contributed by atoms with Crippen LogP contribution in [0.25, 0.3) is 0 Å². The molecule has 2 aliphatic rings. The zero-order valence-corrected chi connectivity index (χ0v) is 16.4. The quantitative estimate of drug-likeness (QED) is 0.675. The summed E-state index contributed by atoms with van der Waals surface area (Å²) in [4.78, 5) is 39.8. The summed E-state index contributed by atoms with van der Waals surface area (Å²) in [5.74, 6) is -1.06. The number of aromatic amines is 1. The van der Waals surface area contributed by atoms with Crippen molar-refractivity contribution >= 4 is 27.4 Å². The molecular weight excluding hydrogens is 370 g/mol. The second-order valence-corrected chi connectivity index (χ2v) is 9.49. The number of carbonyl (C=O) groups is 3. The van der Waals surface area contributed by atoms with Gasteiger partial charge in [0, 0.05) is 24.1 Å². The standard InChI is InChI=1S/C18H25N3O5S/c1-3-5-15(23)19-12-8-27(25,26)9-13(12)21-18(24)17-10(2)16-11(20-17)6-4-7-14(16)22/h12-13,20H,3-9H2,1-2H3,(H,19,23)(H,21,24)/t12-,13-/m1/s1. The van der Waals surface area contributed by atoms with Gasteiger partial charge in [0.1, 0.15) is 5.69 Å². The highest BCUT2D eigenvalue weighted by Gasteiger charge is 2.40. The molecule has 1 aromatic rings. The van der Waals surface area contributed by atoms with Crippen LogP contribution < -0.4 is 10.6 Å². The number of fused-ring (bicyclic) bond motifs is 1. The van der Waals surface area contributed by atoms with Crippen molar-refractivity contribution in [3.8, 4) is 0 Å². The van der Waals surface area contributed by atoms with Crippen LogP contribution in [0.15, 0.2) is 0 Å². The number of ketones is 1. The number of Topliss-reactive ketones (excluding diaryl/α,β-unsaturated/α-hetero) is 1. The fourth-order valence-corrected chi connectivity index (χ4v) is 5.74. The minimum Gasteiger partial charge on any atom is -0.354 e. The van der Waals surface area contributed by atoms with E-state index < -0.39 is 27.8 Å². The SMILES string of the molecule is CCCC(=O)N[C@@H]1CS(=O)(=O)C[C@H]1NC(=O)c1[nH]c2c(c1C)C(=O)CCC2. The average molecular weight is 395 g/mol. The Kier molecular flexibility index (Phi) is 5.41. The van der Waals surface area contributed by atoms with Crippen molar-refractivity contribution in [2.75, 3.05) is 11.5 Å². The van der Waals surface area contributed by atoms with Crippen molar-refractivity contribution < 1.29 is 22.8 Å². The van der Waals surface area contributed by atoms with Gasteiger partial charge in [0.25, 0.3) is 5.91 Å². The van der Waals surface area contributed by atoms with Crippen molar-refractivity contribution in [1.82, 2.24) is 15.6 Å². The first-order valence-electron chi connectivity index (χ1n) is 9.27. The summed E-state index contributed by atoms with van der Waals surface area (Å²) in [5, 5.41) is 5.45. The van der Waals surface area contributed by atoms with Gasteiger partial charge in [0.05, 0.1) is 23.6 Å². The van der Waals surface area contributed by atoms with Crippen LogP contribution in [0.1, 0.15) is 64.7 Å². The van der Waals surface area contributed by atoms with E-state index in [1.54, 1.807) is 6.92 Å². The Balaban J connectivity index is 1.78. The largest absolute Gasteiger partial charge is 0.354 e. The van der Waals surface area contributed by atoms with Crippen LogP contribution in [0.4, 0.5) is 0 Å². The molecule has 1 saturated heterocycles. The summed E-state index contributed by atoms with van der Waals surface area (Å²) < 4.78 is 24.0. The molecule has 1 aliphatic heterocycles. The van der Waals surface area contributed by atoms with E-state index in [4.69, 9.17) is 0 Å². The van der Waals surface area contributed by atoms with Crippen molar-refractivity contribution in [1.29, 1.82) is 0 Å². The second kappa shape index (κ2) is 7.46. The van der Waals surface area contributed by atoms with Crippen molar-refractivity contribution in [2.45, 2.75) is 58.0 Å². The van der Waals surface area contributed by atoms with Crippen LogP contribution in [0.5, 0.6) is 0 Å². The molecule has 1 aromatic heterocycles. The molecule has 0 spiro atoms. The molecule has 0 saturated carbocycles. The number of hydrogen-bond donors (Lipinski definition) is 3. The van der Waals surface area contributed by atoms with E-state index in [0.717, 1.165) is 12.1 Å². The maximum absolute atomic E-state index is 12.8. The van der Waals surface area contributed by atoms with Crippen LogP contribution in [-0.4, -0.2) is 54.6 Å². The van der Waals surface area contributed by atoms with Gasteiger partial charge < -0.3 is 15.6 Å². The maximum Gasteiger partial charge on any atom is 0.268 e. The third-order valence-corrected chi connectivity index (χ3v) is 6.89. The first-order chi connectivity index (χ1) is 12.7. The molecule has 3 rings (SSSR count). The van der Waals surface area contributed by atoms with Gasteiger partial charge in [-0.3, -0.25) is 14.4 Å². The highest BCUT2D eigenvalue weighted by molar-refractivity contribution is 7.91. The van der Waals surface area contributed by atoms with E-state index in [9.17, 15) is 22.8 Å². The molecule has 2 amide bonds. The summed E-state index contributed by atoms with van der Waals surface area (Å²) in [5.41, 5.74) is 2.23. The summed E-state index contributed by atoms with van der Waals surface area (Å²) in [6.07, 6.45) is 2.90. The Bertz CT molecular complexity index is 887. The summed E-state index contributed by atoms with van der Waals surface area (Å²) in [6.45, 7) is 3.58. The van der Waals surface area contributed by atoms with Gasteiger partial charge in [-0.2, -0.15) is 0 Å². The molecule has 3 N–H and O–H groups in total. The van der Waals surface area contributed by atoms with Crippen LogP contribution in [0.3, 0.4) is 0 Å². The number of H-pyrrole nitrogens is 1. The van der Waals surface area contributed by atoms with Crippen molar-refractivity contribution in [3.63, 3.8) is 0 Å². The molecular formula is C18H25N3O5S. The van der Waals surface area contributed by atoms with E-state index in [1.165, 1.54) is 0 Å². The van der Waals surface area contributed by atoms with Crippen molar-refractivity contribution in [2.24, 2.45) is 0 Å². The Morgan fingerprint density at radius 2 is 1.81 bits per heavy atom. The van der Waals surface area contributed by atoms with Gasteiger partial charge in [0.15, 0.2) is 15.6 Å². The lowest BCUT2D eigenvalue weighted by Gasteiger charge is -2.20. The number of rotatable bonds is 5. The summed E-state index contributed by atoms with van der Waals surface area (Å²) >= 11 is 0. The zero-order valence-electron chi connectivity index (χ0n) is 15.6. The number of amides is 2. The molecule has 1 fully saturated rings. The van der Waals surface area contributed by atoms with E-state index in [0.29, 0.717) is 36.8 Å². The molecule has 2 atom stereocenters. The number of carbonyl (C=O) groups excluding carboxylic acids is 3. The predicted octanol–water partition coefficient (Wildman–Crippen LogP) is 0.654. The molecule has 8 nitrogen and oxygen atoms in total. The van der Waals surface area contributed by atoms with Gasteiger partial charge >= 0.3 is 0 Å². The Morgan fingerprint density at radius 3 is 2.44 bits per heavy atom. The van der Waals surface area contributed by atoms with Crippen LogP contribution >= 0.6 is 0 Å². The lowest BCUT2D eigenvalue weighted by Crippen LogP contribution is -2.51. The van der Waals surface area contributed by atoms with Crippen LogP contribution in [0, 0.1) is 6.92 Å². The van der Waals surface area contributed by atoms with Gasteiger partial charge in [-0.1, -0.05) is 6.92 Å². The smallest absolute Gasteiger partial charge is 0.268 e. The molecule has 9 heteroatoms. The van der Waals surface area contributed by atoms with Gasteiger partial charge in [0.2, 0.25) is 5.91 Å². The zero-order chi connectivity index (χ0) is 19.8. The van der Waals surface area contributed by atoms with Crippen molar-refractivity contribution in [3.05, 3.63) is 22.5 Å². The molecule has 0 aromatic carbocycles. The Morgan fingerprint density at radius 1 is 1.15 bits per heavy atom. The monoisotopic (exact) mass is 395 g/mol. The number of hydrogen-bond acceptors (Lipinski definition) is 5. The van der Waals surface area contributed by atoms with Gasteiger partial charge in [-0.15, -0.1) is 0 Å². The Hall–Kier alpha value is -2.16. The van der Waals surface area contributed by atoms with Crippen LogP contribution in [-0.2, 0) is 21.1 Å². The minimum absolute atomic E-state index is 0.0252. The second-order valence-electron chi connectivity index (χ2n) is 7.34. The summed E-state index contributed by atoms with van der Waals surface area (Å²) in [7, 11) is -3.35. The molecule has 0 bridgehead atoms. The topological polar surface area (TPSA) is 125 Å². The average Bonchev–Trinajstić information content (AvgIpc) is 3.05. The van der Waals surface area contributed by atoms with E-state index in [-0.39, 0.29) is 28.9 Å². The molecule has 0 unspecified atom stereocenters. The molecule has 0 radical (unpaired) electrons. The third-order valence-electron chi connectivity index (χ3n) is 5.16.